The molecule has 0 unspecified atom stereocenters. The van der Waals surface area contributed by atoms with Crippen LogP contribution in [0.1, 0.15) is 21.5 Å². The largest absolute Gasteiger partial charge is 0.478 e. The molecular formula is C15H15N3O3. The van der Waals surface area contributed by atoms with Gasteiger partial charge in [-0.15, -0.1) is 0 Å². The van der Waals surface area contributed by atoms with Crippen LogP contribution in [0.4, 0.5) is 10.5 Å². The summed E-state index contributed by atoms with van der Waals surface area (Å²) in [4.78, 5) is 26.7. The minimum Gasteiger partial charge on any atom is -0.478 e. The Morgan fingerprint density at radius 1 is 1.29 bits per heavy atom. The Kier molecular flexibility index (Phi) is 4.50. The summed E-state index contributed by atoms with van der Waals surface area (Å²) >= 11 is 0. The van der Waals surface area contributed by atoms with Gasteiger partial charge in [0.25, 0.3) is 0 Å². The lowest BCUT2D eigenvalue weighted by molar-refractivity contribution is 0.0697. The molecule has 2 rings (SSSR count). The molecule has 6 nitrogen and oxygen atoms in total. The SMILES string of the molecule is Cc1ccc(C(=O)O)cc1NC(=O)NCc1cccnc1. The maximum absolute atomic E-state index is 11.8. The summed E-state index contributed by atoms with van der Waals surface area (Å²) in [6.45, 7) is 2.14. The summed E-state index contributed by atoms with van der Waals surface area (Å²) in [7, 11) is 0. The maximum atomic E-state index is 11.8. The standard InChI is InChI=1S/C15H15N3O3/c1-10-4-5-12(14(19)20)7-13(10)18-15(21)17-9-11-3-2-6-16-8-11/h2-8H,9H2,1H3,(H,19,20)(H2,17,18,21). The number of carboxylic acids is 1. The summed E-state index contributed by atoms with van der Waals surface area (Å²) in [5.41, 5.74) is 2.27. The number of rotatable bonds is 4. The molecule has 1 aromatic heterocycles. The van der Waals surface area contributed by atoms with Gasteiger partial charge in [0.05, 0.1) is 5.56 Å². The third kappa shape index (κ3) is 4.04. The van der Waals surface area contributed by atoms with Gasteiger partial charge in [-0.1, -0.05) is 12.1 Å². The van der Waals surface area contributed by atoms with Crippen molar-refractivity contribution in [2.24, 2.45) is 0 Å². The van der Waals surface area contributed by atoms with Gasteiger partial charge in [-0.05, 0) is 36.2 Å². The van der Waals surface area contributed by atoms with Crippen molar-refractivity contribution >= 4 is 17.7 Å². The Labute approximate surface area is 121 Å². The molecule has 0 aliphatic rings. The second-order valence-corrected chi connectivity index (χ2v) is 4.50. The minimum atomic E-state index is -1.03. The number of hydrogen-bond acceptors (Lipinski definition) is 3. The number of aromatic nitrogens is 1. The van der Waals surface area contributed by atoms with Crippen LogP contribution in [0.5, 0.6) is 0 Å². The first-order chi connectivity index (χ1) is 10.1. The number of pyridine rings is 1. The van der Waals surface area contributed by atoms with Crippen molar-refractivity contribution in [1.82, 2.24) is 10.3 Å². The molecule has 2 aromatic rings. The van der Waals surface area contributed by atoms with Crippen LogP contribution in [0.2, 0.25) is 0 Å². The van der Waals surface area contributed by atoms with Crippen LogP contribution < -0.4 is 10.6 Å². The van der Waals surface area contributed by atoms with Crippen molar-refractivity contribution < 1.29 is 14.7 Å². The summed E-state index contributed by atoms with van der Waals surface area (Å²) in [5.74, 6) is -1.03. The van der Waals surface area contributed by atoms with Crippen molar-refractivity contribution in [2.75, 3.05) is 5.32 Å². The first kappa shape index (κ1) is 14.5. The summed E-state index contributed by atoms with van der Waals surface area (Å²) in [5, 5.41) is 14.3. The third-order valence-corrected chi connectivity index (χ3v) is 2.91. The van der Waals surface area contributed by atoms with Gasteiger partial charge in [0.15, 0.2) is 0 Å². The maximum Gasteiger partial charge on any atom is 0.335 e. The first-order valence-electron chi connectivity index (χ1n) is 6.34. The Bertz CT molecular complexity index is 656. The van der Waals surface area contributed by atoms with E-state index >= 15 is 0 Å². The number of carboxylic acid groups (broad SMARTS) is 1. The van der Waals surface area contributed by atoms with Crippen LogP contribution in [0.15, 0.2) is 42.7 Å². The Morgan fingerprint density at radius 3 is 2.76 bits per heavy atom. The number of nitrogens with zero attached hydrogens (tertiary/aromatic N) is 1. The van der Waals surface area contributed by atoms with Crippen LogP contribution in [-0.2, 0) is 6.54 Å². The van der Waals surface area contributed by atoms with E-state index in [4.69, 9.17) is 5.11 Å². The Balaban J connectivity index is 1.99. The molecule has 0 atom stereocenters. The number of nitrogens with one attached hydrogen (secondary N) is 2. The van der Waals surface area contributed by atoms with Gasteiger partial charge in [-0.3, -0.25) is 4.98 Å². The van der Waals surface area contributed by atoms with E-state index in [2.05, 4.69) is 15.6 Å². The quantitative estimate of drug-likeness (QED) is 0.804. The van der Waals surface area contributed by atoms with Crippen molar-refractivity contribution in [3.8, 4) is 0 Å². The molecule has 0 spiro atoms. The average molecular weight is 285 g/mol. The molecule has 0 radical (unpaired) electrons. The molecule has 3 N–H and O–H groups in total. The average Bonchev–Trinajstić information content (AvgIpc) is 2.48. The lowest BCUT2D eigenvalue weighted by atomic mass is 10.1. The highest BCUT2D eigenvalue weighted by atomic mass is 16.4. The molecule has 0 saturated heterocycles. The molecule has 1 heterocycles. The molecule has 0 aliphatic carbocycles. The normalized spacial score (nSPS) is 9.95. The second-order valence-electron chi connectivity index (χ2n) is 4.50. The number of amides is 2. The van der Waals surface area contributed by atoms with E-state index in [0.29, 0.717) is 12.2 Å². The van der Waals surface area contributed by atoms with Gasteiger partial charge in [-0.25, -0.2) is 9.59 Å². The topological polar surface area (TPSA) is 91.3 Å². The monoisotopic (exact) mass is 285 g/mol. The molecule has 0 saturated carbocycles. The zero-order valence-electron chi connectivity index (χ0n) is 11.5. The summed E-state index contributed by atoms with van der Waals surface area (Å²) < 4.78 is 0. The van der Waals surface area contributed by atoms with Crippen LogP contribution in [0, 0.1) is 6.92 Å². The molecule has 6 heteroatoms. The zero-order valence-corrected chi connectivity index (χ0v) is 11.5. The predicted octanol–water partition coefficient (Wildman–Crippen LogP) is 2.41. The van der Waals surface area contributed by atoms with Crippen molar-refractivity contribution in [1.29, 1.82) is 0 Å². The Morgan fingerprint density at radius 2 is 2.10 bits per heavy atom. The van der Waals surface area contributed by atoms with Gasteiger partial charge >= 0.3 is 12.0 Å². The number of benzene rings is 1. The van der Waals surface area contributed by atoms with Crippen molar-refractivity contribution in [3.63, 3.8) is 0 Å². The molecule has 108 valence electrons. The number of anilines is 1. The van der Waals surface area contributed by atoms with E-state index in [1.807, 2.05) is 6.07 Å². The fraction of sp³-hybridized carbons (Fsp3) is 0.133. The smallest absolute Gasteiger partial charge is 0.335 e. The molecule has 1 aromatic carbocycles. The lowest BCUT2D eigenvalue weighted by Crippen LogP contribution is -2.28. The molecule has 2 amide bonds. The van der Waals surface area contributed by atoms with Crippen LogP contribution in [0.3, 0.4) is 0 Å². The third-order valence-electron chi connectivity index (χ3n) is 2.91. The van der Waals surface area contributed by atoms with E-state index < -0.39 is 12.0 Å². The molecular weight excluding hydrogens is 270 g/mol. The summed E-state index contributed by atoms with van der Waals surface area (Å²) in [6.07, 6.45) is 3.32. The fourth-order valence-electron chi connectivity index (χ4n) is 1.74. The molecule has 0 bridgehead atoms. The fourth-order valence-corrected chi connectivity index (χ4v) is 1.74. The number of carbonyl (C=O) groups is 2. The van der Waals surface area contributed by atoms with Crippen molar-refractivity contribution in [3.05, 3.63) is 59.4 Å². The van der Waals surface area contributed by atoms with E-state index in [1.165, 1.54) is 12.1 Å². The van der Waals surface area contributed by atoms with Gasteiger partial charge in [-0.2, -0.15) is 0 Å². The van der Waals surface area contributed by atoms with Crippen LogP contribution >= 0.6 is 0 Å². The lowest BCUT2D eigenvalue weighted by Gasteiger charge is -2.10. The highest BCUT2D eigenvalue weighted by Gasteiger charge is 2.08. The Hall–Kier alpha value is -2.89. The number of aryl methyl sites for hydroxylation is 1. The number of urea groups is 1. The van der Waals surface area contributed by atoms with E-state index in [-0.39, 0.29) is 5.56 Å². The highest BCUT2D eigenvalue weighted by molar-refractivity contribution is 5.93. The zero-order chi connectivity index (χ0) is 15.2. The van der Waals surface area contributed by atoms with Crippen LogP contribution in [-0.4, -0.2) is 22.1 Å². The summed E-state index contributed by atoms with van der Waals surface area (Å²) in [6, 6.07) is 7.82. The highest BCUT2D eigenvalue weighted by Crippen LogP contribution is 2.16. The van der Waals surface area contributed by atoms with Gasteiger partial charge in [0, 0.05) is 24.6 Å². The molecule has 0 fully saturated rings. The molecule has 21 heavy (non-hydrogen) atoms. The number of carbonyl (C=O) groups excluding carboxylic acids is 1. The van der Waals surface area contributed by atoms with E-state index in [9.17, 15) is 9.59 Å². The molecule has 0 aliphatic heterocycles. The van der Waals surface area contributed by atoms with E-state index in [0.717, 1.165) is 11.1 Å². The number of aromatic carboxylic acids is 1. The van der Waals surface area contributed by atoms with Gasteiger partial charge < -0.3 is 15.7 Å². The number of hydrogen-bond donors (Lipinski definition) is 3. The first-order valence-corrected chi connectivity index (χ1v) is 6.34. The predicted molar refractivity (Wildman–Crippen MR) is 78.2 cm³/mol. The second kappa shape index (κ2) is 6.51. The van der Waals surface area contributed by atoms with E-state index in [1.54, 1.807) is 31.5 Å². The van der Waals surface area contributed by atoms with Crippen molar-refractivity contribution in [2.45, 2.75) is 13.5 Å². The van der Waals surface area contributed by atoms with Gasteiger partial charge in [0.2, 0.25) is 0 Å². The minimum absolute atomic E-state index is 0.128. The van der Waals surface area contributed by atoms with Gasteiger partial charge in [0.1, 0.15) is 0 Å². The van der Waals surface area contributed by atoms with Crippen LogP contribution in [0.25, 0.3) is 0 Å².